The maximum absolute atomic E-state index is 6.50. The second kappa shape index (κ2) is 11.2. The zero-order chi connectivity index (χ0) is 35.3. The molecule has 0 atom stereocenters. The van der Waals surface area contributed by atoms with Crippen LogP contribution in [0, 0.1) is 0 Å². The van der Waals surface area contributed by atoms with Crippen LogP contribution in [0.15, 0.2) is 191 Å². The summed E-state index contributed by atoms with van der Waals surface area (Å²) < 4.78 is 13.0. The number of furan rings is 2. The Kier molecular flexibility index (Phi) is 6.09. The zero-order valence-corrected chi connectivity index (χ0v) is 29.1. The Morgan fingerprint density at radius 2 is 0.778 bits per heavy atom. The van der Waals surface area contributed by atoms with Gasteiger partial charge in [-0.2, -0.15) is 0 Å². The largest absolute Gasteiger partial charge is 0.456 e. The van der Waals surface area contributed by atoms with Crippen LogP contribution < -0.4 is 0 Å². The second-order valence-corrected chi connectivity index (χ2v) is 14.4. The molecule has 0 saturated heterocycles. The van der Waals surface area contributed by atoms with E-state index in [0.717, 1.165) is 55.0 Å². The third kappa shape index (κ3) is 4.22. The fourth-order valence-corrected chi connectivity index (χ4v) is 9.02. The minimum absolute atomic E-state index is 0.864. The van der Waals surface area contributed by atoms with Crippen LogP contribution in [0.3, 0.4) is 0 Å². The minimum Gasteiger partial charge on any atom is -0.456 e. The molecule has 0 amide bonds. The highest BCUT2D eigenvalue weighted by Gasteiger charge is 2.19. The molecule has 2 nitrogen and oxygen atoms in total. The van der Waals surface area contributed by atoms with Crippen LogP contribution in [0.5, 0.6) is 0 Å². The van der Waals surface area contributed by atoms with Crippen molar-refractivity contribution in [3.63, 3.8) is 0 Å². The van der Waals surface area contributed by atoms with E-state index in [1.807, 2.05) is 0 Å². The second-order valence-electron chi connectivity index (χ2n) is 14.4. The van der Waals surface area contributed by atoms with Crippen LogP contribution in [0.2, 0.25) is 0 Å². The van der Waals surface area contributed by atoms with E-state index in [2.05, 4.69) is 182 Å². The topological polar surface area (TPSA) is 26.3 Å². The lowest BCUT2D eigenvalue weighted by Gasteiger charge is -2.19. The average molecular weight is 687 g/mol. The van der Waals surface area contributed by atoms with Gasteiger partial charge in [0.25, 0.3) is 0 Å². The predicted molar refractivity (Wildman–Crippen MR) is 227 cm³/mol. The molecule has 0 bridgehead atoms. The molecule has 0 aliphatic heterocycles. The van der Waals surface area contributed by atoms with E-state index in [4.69, 9.17) is 8.83 Å². The van der Waals surface area contributed by atoms with E-state index in [9.17, 15) is 0 Å². The lowest BCUT2D eigenvalue weighted by atomic mass is 9.84. The number of rotatable bonds is 3. The van der Waals surface area contributed by atoms with Crippen molar-refractivity contribution in [2.45, 2.75) is 0 Å². The van der Waals surface area contributed by atoms with Gasteiger partial charge in [-0.1, -0.05) is 146 Å². The first kappa shape index (κ1) is 29.4. The Morgan fingerprint density at radius 3 is 1.56 bits per heavy atom. The van der Waals surface area contributed by atoms with Gasteiger partial charge in [-0.05, 0) is 113 Å². The van der Waals surface area contributed by atoms with Crippen molar-refractivity contribution in [2.24, 2.45) is 0 Å². The van der Waals surface area contributed by atoms with E-state index < -0.39 is 0 Å². The number of hydrogen-bond acceptors (Lipinski definition) is 2. The standard InChI is InChI=1S/C52H30O2/c1-3-16-36-31(11-1)13-10-22-38(36)51-41-20-7-5-18-39(41)50(40-19-6-8-21-42(40)51)35-15-9-14-33(27-35)34-24-25-46-43(28-34)44-29-49-45(30-48(44)53-46)52-37-17-4-2-12-32(37)23-26-47(52)54-49/h1-30H. The van der Waals surface area contributed by atoms with Gasteiger partial charge < -0.3 is 8.83 Å². The average Bonchev–Trinajstić information content (AvgIpc) is 3.78. The summed E-state index contributed by atoms with van der Waals surface area (Å²) in [5, 5.41) is 14.2. The lowest BCUT2D eigenvalue weighted by Crippen LogP contribution is -1.92. The molecule has 12 rings (SSSR count). The molecular formula is C52H30O2. The van der Waals surface area contributed by atoms with Gasteiger partial charge in [0.05, 0.1) is 0 Å². The molecule has 2 heteroatoms. The highest BCUT2D eigenvalue weighted by Crippen LogP contribution is 2.46. The van der Waals surface area contributed by atoms with Crippen LogP contribution in [0.4, 0.5) is 0 Å². The molecule has 0 aliphatic carbocycles. The van der Waals surface area contributed by atoms with Crippen molar-refractivity contribution in [1.82, 2.24) is 0 Å². The fraction of sp³-hybridized carbons (Fsp3) is 0. The molecule has 10 aromatic carbocycles. The first-order valence-corrected chi connectivity index (χ1v) is 18.5. The van der Waals surface area contributed by atoms with Crippen molar-refractivity contribution < 1.29 is 8.83 Å². The normalized spacial score (nSPS) is 12.1. The highest BCUT2D eigenvalue weighted by molar-refractivity contribution is 6.24. The molecule has 2 heterocycles. The summed E-state index contributed by atoms with van der Waals surface area (Å²) in [5.41, 5.74) is 10.8. The van der Waals surface area contributed by atoms with Crippen molar-refractivity contribution >= 4 is 87.0 Å². The van der Waals surface area contributed by atoms with Crippen molar-refractivity contribution in [3.8, 4) is 33.4 Å². The lowest BCUT2D eigenvalue weighted by molar-refractivity contribution is 0.664. The van der Waals surface area contributed by atoms with Crippen LogP contribution in [0.1, 0.15) is 0 Å². The first-order valence-electron chi connectivity index (χ1n) is 18.5. The summed E-state index contributed by atoms with van der Waals surface area (Å²) in [5.74, 6) is 0. The Labute approximate surface area is 310 Å². The van der Waals surface area contributed by atoms with E-state index in [1.54, 1.807) is 0 Å². The highest BCUT2D eigenvalue weighted by atomic mass is 16.3. The molecule has 250 valence electrons. The molecule has 2 aromatic heterocycles. The molecule has 0 unspecified atom stereocenters. The molecular weight excluding hydrogens is 657 g/mol. The Hall–Kier alpha value is -7.16. The third-order valence-electron chi connectivity index (χ3n) is 11.4. The van der Waals surface area contributed by atoms with Gasteiger partial charge in [0.2, 0.25) is 0 Å². The van der Waals surface area contributed by atoms with Crippen molar-refractivity contribution in [2.75, 3.05) is 0 Å². The zero-order valence-electron chi connectivity index (χ0n) is 29.1. The molecule has 54 heavy (non-hydrogen) atoms. The quantitative estimate of drug-likeness (QED) is 0.173. The van der Waals surface area contributed by atoms with Gasteiger partial charge in [0.15, 0.2) is 0 Å². The SMILES string of the molecule is c1cc(-c2ccc3oc4cc5c(cc4c3c2)oc2ccc3ccccc3c25)cc(-c2c3ccccc3c(-c3cccc4ccccc34)c3ccccc23)c1. The van der Waals surface area contributed by atoms with E-state index in [-0.39, 0.29) is 0 Å². The van der Waals surface area contributed by atoms with Crippen molar-refractivity contribution in [3.05, 3.63) is 182 Å². The molecule has 0 N–H and O–H groups in total. The van der Waals surface area contributed by atoms with E-state index in [1.165, 1.54) is 65.3 Å². The first-order chi connectivity index (χ1) is 26.8. The summed E-state index contributed by atoms with van der Waals surface area (Å²) in [4.78, 5) is 0. The summed E-state index contributed by atoms with van der Waals surface area (Å²) in [6.07, 6.45) is 0. The van der Waals surface area contributed by atoms with E-state index >= 15 is 0 Å². The van der Waals surface area contributed by atoms with Crippen LogP contribution in [-0.4, -0.2) is 0 Å². The molecule has 0 aliphatic rings. The van der Waals surface area contributed by atoms with Gasteiger partial charge in [0, 0.05) is 21.5 Å². The van der Waals surface area contributed by atoms with Gasteiger partial charge in [-0.15, -0.1) is 0 Å². The summed E-state index contributed by atoms with van der Waals surface area (Å²) in [6.45, 7) is 0. The van der Waals surface area contributed by atoms with Gasteiger partial charge in [-0.3, -0.25) is 0 Å². The smallest absolute Gasteiger partial charge is 0.136 e. The summed E-state index contributed by atoms with van der Waals surface area (Å²) in [7, 11) is 0. The minimum atomic E-state index is 0.864. The fourth-order valence-electron chi connectivity index (χ4n) is 9.02. The predicted octanol–water partition coefficient (Wildman–Crippen LogP) is 15.1. The number of fused-ring (bicyclic) bond motifs is 11. The molecule has 12 aromatic rings. The molecule has 0 radical (unpaired) electrons. The summed E-state index contributed by atoms with van der Waals surface area (Å²) >= 11 is 0. The van der Waals surface area contributed by atoms with Crippen LogP contribution >= 0.6 is 0 Å². The Balaban J connectivity index is 1.04. The van der Waals surface area contributed by atoms with E-state index in [0.29, 0.717) is 0 Å². The monoisotopic (exact) mass is 686 g/mol. The van der Waals surface area contributed by atoms with Crippen molar-refractivity contribution in [1.29, 1.82) is 0 Å². The third-order valence-corrected chi connectivity index (χ3v) is 11.4. The van der Waals surface area contributed by atoms with Gasteiger partial charge in [0.1, 0.15) is 22.3 Å². The molecule has 0 fully saturated rings. The molecule has 0 saturated carbocycles. The number of benzene rings is 10. The molecule has 0 spiro atoms. The summed E-state index contributed by atoms with van der Waals surface area (Å²) in [6, 6.07) is 65.7. The Morgan fingerprint density at radius 1 is 0.259 bits per heavy atom. The Bertz CT molecular complexity index is 3440. The number of hydrogen-bond donors (Lipinski definition) is 0. The van der Waals surface area contributed by atoms with Gasteiger partial charge >= 0.3 is 0 Å². The van der Waals surface area contributed by atoms with Gasteiger partial charge in [-0.25, -0.2) is 0 Å². The van der Waals surface area contributed by atoms with Crippen LogP contribution in [0.25, 0.3) is 120 Å². The maximum Gasteiger partial charge on any atom is 0.136 e. The maximum atomic E-state index is 6.50. The van der Waals surface area contributed by atoms with Crippen LogP contribution in [-0.2, 0) is 0 Å².